The zero-order chi connectivity index (χ0) is 28.3. The molecule has 0 radical (unpaired) electrons. The van der Waals surface area contributed by atoms with E-state index in [0.717, 1.165) is 50.3 Å². The Labute approximate surface area is 248 Å². The van der Waals surface area contributed by atoms with Gasteiger partial charge in [-0.3, -0.25) is 9.69 Å². The molecule has 0 amide bonds. The van der Waals surface area contributed by atoms with Crippen molar-refractivity contribution < 1.29 is 19.0 Å². The first-order valence-electron chi connectivity index (χ1n) is 15.0. The summed E-state index contributed by atoms with van der Waals surface area (Å²) in [5.74, 6) is 1.71. The number of carbonyl (C=O) groups excluding carboxylic acids is 1. The second kappa shape index (κ2) is 15.0. The van der Waals surface area contributed by atoms with E-state index < -0.39 is 0 Å². The summed E-state index contributed by atoms with van der Waals surface area (Å²) >= 11 is 1.86. The van der Waals surface area contributed by atoms with Crippen LogP contribution in [0.15, 0.2) is 72.8 Å². The van der Waals surface area contributed by atoms with Gasteiger partial charge in [0.25, 0.3) is 0 Å². The molecule has 0 bridgehead atoms. The predicted molar refractivity (Wildman–Crippen MR) is 168 cm³/mol. The number of rotatable bonds is 15. The third-order valence-corrected chi connectivity index (χ3v) is 8.86. The number of esters is 1. The molecular weight excluding hydrogens is 530 g/mol. The van der Waals surface area contributed by atoms with Crippen LogP contribution in [0.1, 0.15) is 56.6 Å². The molecule has 4 aromatic rings. The largest absolute Gasteiger partial charge is 0.494 e. The van der Waals surface area contributed by atoms with Gasteiger partial charge >= 0.3 is 5.97 Å². The number of ether oxygens (including phenoxy) is 3. The van der Waals surface area contributed by atoms with Crippen LogP contribution < -0.4 is 9.47 Å². The fourth-order valence-corrected chi connectivity index (χ4v) is 6.61. The minimum Gasteiger partial charge on any atom is -0.494 e. The molecule has 5 rings (SSSR count). The second-order valence-corrected chi connectivity index (χ2v) is 11.7. The molecule has 0 aliphatic carbocycles. The van der Waals surface area contributed by atoms with E-state index in [1.807, 2.05) is 18.3 Å². The van der Waals surface area contributed by atoms with E-state index in [2.05, 4.69) is 77.7 Å². The fraction of sp³-hybridized carbons (Fsp3) is 0.400. The fourth-order valence-electron chi connectivity index (χ4n) is 5.39. The van der Waals surface area contributed by atoms with Gasteiger partial charge < -0.3 is 14.2 Å². The Morgan fingerprint density at radius 2 is 1.54 bits per heavy atom. The molecule has 1 aromatic heterocycles. The van der Waals surface area contributed by atoms with Crippen LogP contribution in [0.2, 0.25) is 0 Å². The van der Waals surface area contributed by atoms with Crippen molar-refractivity contribution in [3.63, 3.8) is 0 Å². The maximum Gasteiger partial charge on any atom is 0.305 e. The lowest BCUT2D eigenvalue weighted by Gasteiger charge is -2.15. The van der Waals surface area contributed by atoms with E-state index in [1.54, 1.807) is 0 Å². The summed E-state index contributed by atoms with van der Waals surface area (Å²) in [7, 11) is 0. The molecular formula is C35H41NO4S. The molecule has 1 aliphatic rings. The Kier molecular flexibility index (Phi) is 10.7. The van der Waals surface area contributed by atoms with E-state index in [0.29, 0.717) is 19.6 Å². The van der Waals surface area contributed by atoms with Gasteiger partial charge in [-0.05, 0) is 123 Å². The number of carbonyl (C=O) groups is 1. The third kappa shape index (κ3) is 8.34. The van der Waals surface area contributed by atoms with Crippen molar-refractivity contribution in [3.05, 3.63) is 83.9 Å². The first-order valence-corrected chi connectivity index (χ1v) is 15.8. The number of thiophene rings is 1. The van der Waals surface area contributed by atoms with E-state index in [-0.39, 0.29) is 5.97 Å². The monoisotopic (exact) mass is 571 g/mol. The maximum absolute atomic E-state index is 11.4. The number of unbranched alkanes of at least 4 members (excludes halogenated alkanes) is 2. The van der Waals surface area contributed by atoms with Crippen LogP contribution in [0, 0.1) is 0 Å². The van der Waals surface area contributed by atoms with E-state index >= 15 is 0 Å². The van der Waals surface area contributed by atoms with Crippen molar-refractivity contribution >= 4 is 27.4 Å². The number of hydrogen-bond donors (Lipinski definition) is 0. The topological polar surface area (TPSA) is 48.0 Å². The molecule has 1 fully saturated rings. The summed E-state index contributed by atoms with van der Waals surface area (Å²) in [5.41, 5.74) is 3.86. The van der Waals surface area contributed by atoms with Gasteiger partial charge in [0, 0.05) is 22.5 Å². The van der Waals surface area contributed by atoms with Crippen LogP contribution in [-0.2, 0) is 16.0 Å². The Hall–Kier alpha value is -3.35. The van der Waals surface area contributed by atoms with Gasteiger partial charge in [-0.2, -0.15) is 0 Å². The summed E-state index contributed by atoms with van der Waals surface area (Å²) in [5, 5.41) is 1.32. The lowest BCUT2D eigenvalue weighted by Crippen LogP contribution is -2.25. The van der Waals surface area contributed by atoms with Crippen molar-refractivity contribution in [2.75, 3.05) is 39.5 Å². The molecule has 0 atom stereocenters. The predicted octanol–water partition coefficient (Wildman–Crippen LogP) is 8.14. The normalized spacial score (nSPS) is 13.5. The first-order chi connectivity index (χ1) is 20.2. The summed E-state index contributed by atoms with van der Waals surface area (Å²) < 4.78 is 18.3. The standard InChI is InChI=1S/C35H41NO4S/c1-2-38-34(37)12-4-3-9-24-39-29-17-13-27(14-18-29)26-32-31-10-5-6-11-33(31)41-35(32)28-15-19-30(20-16-28)40-25-23-36-21-7-8-22-36/h5-6,10-11,13-20H,2-4,7-9,12,21-26H2,1H3. The van der Waals surface area contributed by atoms with Gasteiger partial charge in [0.15, 0.2) is 0 Å². The molecule has 0 unspecified atom stereocenters. The quantitative estimate of drug-likeness (QED) is 0.106. The zero-order valence-electron chi connectivity index (χ0n) is 24.1. The molecule has 2 heterocycles. The average Bonchev–Trinajstić information content (AvgIpc) is 3.65. The molecule has 5 nitrogen and oxygen atoms in total. The molecule has 1 saturated heterocycles. The highest BCUT2D eigenvalue weighted by Crippen LogP contribution is 2.40. The lowest BCUT2D eigenvalue weighted by atomic mass is 9.99. The van der Waals surface area contributed by atoms with Crippen molar-refractivity contribution in [2.45, 2.75) is 51.9 Å². The summed E-state index contributed by atoms with van der Waals surface area (Å²) in [6.45, 7) is 7.08. The average molecular weight is 572 g/mol. The van der Waals surface area contributed by atoms with Crippen molar-refractivity contribution in [1.82, 2.24) is 4.90 Å². The first kappa shape index (κ1) is 29.2. The van der Waals surface area contributed by atoms with Crippen LogP contribution in [0.3, 0.4) is 0 Å². The summed E-state index contributed by atoms with van der Waals surface area (Å²) in [4.78, 5) is 15.2. The van der Waals surface area contributed by atoms with Gasteiger partial charge in [-0.1, -0.05) is 30.3 Å². The van der Waals surface area contributed by atoms with Gasteiger partial charge in [-0.25, -0.2) is 0 Å². The van der Waals surface area contributed by atoms with Crippen LogP contribution in [-0.4, -0.2) is 50.3 Å². The summed E-state index contributed by atoms with van der Waals surface area (Å²) in [6.07, 6.45) is 6.69. The molecule has 41 heavy (non-hydrogen) atoms. The smallest absolute Gasteiger partial charge is 0.305 e. The highest BCUT2D eigenvalue weighted by Gasteiger charge is 2.15. The maximum atomic E-state index is 11.4. The highest BCUT2D eigenvalue weighted by molar-refractivity contribution is 7.22. The number of nitrogens with zero attached hydrogens (tertiary/aromatic N) is 1. The van der Waals surface area contributed by atoms with Crippen molar-refractivity contribution in [3.8, 4) is 21.9 Å². The molecule has 0 spiro atoms. The molecule has 1 aliphatic heterocycles. The number of hydrogen-bond acceptors (Lipinski definition) is 6. The molecule has 0 saturated carbocycles. The minimum atomic E-state index is -0.111. The van der Waals surface area contributed by atoms with Crippen molar-refractivity contribution in [1.29, 1.82) is 0 Å². The molecule has 0 N–H and O–H groups in total. The Morgan fingerprint density at radius 3 is 2.29 bits per heavy atom. The zero-order valence-corrected chi connectivity index (χ0v) is 24.9. The van der Waals surface area contributed by atoms with E-state index in [4.69, 9.17) is 14.2 Å². The van der Waals surface area contributed by atoms with Crippen molar-refractivity contribution in [2.24, 2.45) is 0 Å². The van der Waals surface area contributed by atoms with E-state index in [9.17, 15) is 4.79 Å². The Morgan fingerprint density at radius 1 is 0.829 bits per heavy atom. The molecule has 3 aromatic carbocycles. The van der Waals surface area contributed by atoms with Gasteiger partial charge in [0.05, 0.1) is 13.2 Å². The number of fused-ring (bicyclic) bond motifs is 1. The summed E-state index contributed by atoms with van der Waals surface area (Å²) in [6, 6.07) is 25.8. The van der Waals surface area contributed by atoms with Crippen LogP contribution in [0.5, 0.6) is 11.5 Å². The van der Waals surface area contributed by atoms with Gasteiger partial charge in [0.1, 0.15) is 18.1 Å². The van der Waals surface area contributed by atoms with Gasteiger partial charge in [0.2, 0.25) is 0 Å². The van der Waals surface area contributed by atoms with E-state index in [1.165, 1.54) is 57.6 Å². The van der Waals surface area contributed by atoms with Crippen LogP contribution in [0.25, 0.3) is 20.5 Å². The second-order valence-electron chi connectivity index (χ2n) is 10.6. The Balaban J connectivity index is 1.18. The lowest BCUT2D eigenvalue weighted by molar-refractivity contribution is -0.143. The number of likely N-dealkylation sites (tertiary alicyclic amines) is 1. The Bertz CT molecular complexity index is 1370. The van der Waals surface area contributed by atoms with Gasteiger partial charge in [-0.15, -0.1) is 11.3 Å². The van der Waals surface area contributed by atoms with Crippen LogP contribution >= 0.6 is 11.3 Å². The molecule has 216 valence electrons. The number of benzene rings is 3. The SMILES string of the molecule is CCOC(=O)CCCCCOc1ccc(Cc2c(-c3ccc(OCCN4CCCC4)cc3)sc3ccccc23)cc1. The minimum absolute atomic E-state index is 0.111. The van der Waals surface area contributed by atoms with Crippen LogP contribution in [0.4, 0.5) is 0 Å². The highest BCUT2D eigenvalue weighted by atomic mass is 32.1. The third-order valence-electron chi connectivity index (χ3n) is 7.59. The molecule has 6 heteroatoms.